The van der Waals surface area contributed by atoms with E-state index in [-0.39, 0.29) is 11.5 Å². The van der Waals surface area contributed by atoms with E-state index in [0.717, 1.165) is 38.3 Å². The molecule has 2 aliphatic heterocycles. The van der Waals surface area contributed by atoms with Gasteiger partial charge in [0.1, 0.15) is 5.82 Å². The number of fused-ring (bicyclic) bond motifs is 1. The Morgan fingerprint density at radius 3 is 2.43 bits per heavy atom. The van der Waals surface area contributed by atoms with Crippen molar-refractivity contribution in [1.82, 2.24) is 10.2 Å². The Morgan fingerprint density at radius 2 is 1.62 bits per heavy atom. The fourth-order valence-electron chi connectivity index (χ4n) is 4.86. The van der Waals surface area contributed by atoms with Gasteiger partial charge in [0.2, 0.25) is 0 Å². The van der Waals surface area contributed by atoms with Crippen LogP contribution in [0, 0.1) is 5.82 Å². The van der Waals surface area contributed by atoms with Gasteiger partial charge in [-0.05, 0) is 47.9 Å². The van der Waals surface area contributed by atoms with Crippen molar-refractivity contribution in [2.45, 2.75) is 13.0 Å². The molecular formula is C29H31FN4O3. The number of ether oxygens (including phenoxy) is 1. The van der Waals surface area contributed by atoms with Gasteiger partial charge in [0.05, 0.1) is 24.3 Å². The van der Waals surface area contributed by atoms with Crippen LogP contribution in [-0.2, 0) is 17.7 Å². The molecule has 3 aromatic rings. The minimum absolute atomic E-state index is 0.0456. The van der Waals surface area contributed by atoms with Crippen LogP contribution < -0.4 is 15.5 Å². The molecule has 2 N–H and O–H groups in total. The van der Waals surface area contributed by atoms with Crippen LogP contribution in [0.5, 0.6) is 0 Å². The highest BCUT2D eigenvalue weighted by atomic mass is 19.1. The first-order valence-corrected chi connectivity index (χ1v) is 12.7. The molecule has 5 rings (SSSR count). The zero-order valence-corrected chi connectivity index (χ0v) is 20.7. The van der Waals surface area contributed by atoms with E-state index >= 15 is 0 Å². The highest BCUT2D eigenvalue weighted by Crippen LogP contribution is 2.30. The fourth-order valence-corrected chi connectivity index (χ4v) is 4.86. The number of hydrogen-bond acceptors (Lipinski definition) is 5. The Kier molecular flexibility index (Phi) is 7.77. The fraction of sp³-hybridized carbons (Fsp3) is 0.310. The average molecular weight is 503 g/mol. The maximum Gasteiger partial charge on any atom is 0.258 e. The van der Waals surface area contributed by atoms with Gasteiger partial charge >= 0.3 is 0 Å². The van der Waals surface area contributed by atoms with Gasteiger partial charge in [0.25, 0.3) is 11.8 Å². The predicted octanol–water partition coefficient (Wildman–Crippen LogP) is 3.70. The van der Waals surface area contributed by atoms with Crippen molar-refractivity contribution in [3.63, 3.8) is 0 Å². The summed E-state index contributed by atoms with van der Waals surface area (Å²) in [5, 5.41) is 5.79. The number of halogens is 1. The molecule has 2 aliphatic rings. The summed E-state index contributed by atoms with van der Waals surface area (Å²) in [5.74, 6) is -1.36. The minimum Gasteiger partial charge on any atom is -0.379 e. The summed E-state index contributed by atoms with van der Waals surface area (Å²) < 4.78 is 19.5. The number of morpholine rings is 1. The zero-order valence-electron chi connectivity index (χ0n) is 20.7. The maximum absolute atomic E-state index is 14.1. The van der Waals surface area contributed by atoms with Crippen LogP contribution in [0.2, 0.25) is 0 Å². The Morgan fingerprint density at radius 1 is 0.865 bits per heavy atom. The first-order chi connectivity index (χ1) is 18.1. The van der Waals surface area contributed by atoms with Crippen LogP contribution in [0.4, 0.5) is 15.8 Å². The molecule has 0 aromatic heterocycles. The summed E-state index contributed by atoms with van der Waals surface area (Å²) in [6.45, 7) is 5.85. The summed E-state index contributed by atoms with van der Waals surface area (Å²) in [4.78, 5) is 30.6. The van der Waals surface area contributed by atoms with Crippen molar-refractivity contribution in [3.05, 3.63) is 94.8 Å². The number of carbonyl (C=O) groups is 2. The zero-order chi connectivity index (χ0) is 25.6. The second-order valence-corrected chi connectivity index (χ2v) is 9.32. The number of amides is 2. The van der Waals surface area contributed by atoms with Crippen LogP contribution in [0.1, 0.15) is 31.8 Å². The molecule has 0 bridgehead atoms. The quantitative estimate of drug-likeness (QED) is 0.516. The Labute approximate surface area is 216 Å². The van der Waals surface area contributed by atoms with Gasteiger partial charge in [-0.2, -0.15) is 0 Å². The third kappa shape index (κ3) is 5.98. The third-order valence-corrected chi connectivity index (χ3v) is 6.91. The van der Waals surface area contributed by atoms with Crippen LogP contribution in [0.25, 0.3) is 0 Å². The van der Waals surface area contributed by atoms with Gasteiger partial charge in [-0.3, -0.25) is 14.5 Å². The second kappa shape index (κ2) is 11.5. The van der Waals surface area contributed by atoms with Crippen molar-refractivity contribution in [2.75, 3.05) is 56.2 Å². The molecule has 0 saturated carbocycles. The molecule has 0 aliphatic carbocycles. The van der Waals surface area contributed by atoms with Gasteiger partial charge in [-0.15, -0.1) is 0 Å². The van der Waals surface area contributed by atoms with Gasteiger partial charge in [-0.1, -0.05) is 36.4 Å². The van der Waals surface area contributed by atoms with E-state index in [9.17, 15) is 14.0 Å². The van der Waals surface area contributed by atoms with E-state index in [1.54, 1.807) is 18.2 Å². The number of nitrogens with zero attached hydrogens (tertiary/aromatic N) is 2. The number of hydrogen-bond donors (Lipinski definition) is 2. The maximum atomic E-state index is 14.1. The highest BCUT2D eigenvalue weighted by molar-refractivity contribution is 6.06. The normalized spacial score (nSPS) is 15.6. The molecule has 1 fully saturated rings. The molecule has 0 atom stereocenters. The van der Waals surface area contributed by atoms with Crippen molar-refractivity contribution < 1.29 is 18.7 Å². The molecule has 0 spiro atoms. The lowest BCUT2D eigenvalue weighted by atomic mass is 9.98. The van der Waals surface area contributed by atoms with Crippen molar-refractivity contribution in [3.8, 4) is 0 Å². The highest BCUT2D eigenvalue weighted by Gasteiger charge is 2.23. The summed E-state index contributed by atoms with van der Waals surface area (Å²) in [7, 11) is 0. The van der Waals surface area contributed by atoms with Crippen molar-refractivity contribution in [2.24, 2.45) is 0 Å². The molecule has 192 valence electrons. The molecule has 2 amide bonds. The van der Waals surface area contributed by atoms with Crippen LogP contribution in [-0.4, -0.2) is 62.7 Å². The molecule has 0 unspecified atom stereocenters. The standard InChI is InChI=1S/C29H31FN4O3/c30-26-8-4-3-7-24(26)29(36)32-23-9-10-27(34-13-11-21-5-1-2-6-22(21)20-34)25(19-23)28(35)31-12-14-33-15-17-37-18-16-33/h1-10,19H,11-18,20H2,(H,31,35)(H,32,36). The molecule has 1 saturated heterocycles. The molecule has 8 heteroatoms. The van der Waals surface area contributed by atoms with Gasteiger partial charge in [0.15, 0.2) is 0 Å². The smallest absolute Gasteiger partial charge is 0.258 e. The largest absolute Gasteiger partial charge is 0.379 e. The van der Waals surface area contributed by atoms with E-state index in [0.29, 0.717) is 37.6 Å². The first kappa shape index (κ1) is 24.9. The summed E-state index contributed by atoms with van der Waals surface area (Å²) in [6, 6.07) is 19.5. The van der Waals surface area contributed by atoms with E-state index in [1.807, 2.05) is 12.1 Å². The summed E-state index contributed by atoms with van der Waals surface area (Å²) in [5.41, 5.74) is 4.24. The summed E-state index contributed by atoms with van der Waals surface area (Å²) in [6.07, 6.45) is 0.889. The lowest BCUT2D eigenvalue weighted by Crippen LogP contribution is -2.41. The summed E-state index contributed by atoms with van der Waals surface area (Å²) >= 11 is 0. The lowest BCUT2D eigenvalue weighted by molar-refractivity contribution is 0.0383. The molecule has 2 heterocycles. The predicted molar refractivity (Wildman–Crippen MR) is 142 cm³/mol. The van der Waals surface area contributed by atoms with Crippen LogP contribution in [0.15, 0.2) is 66.7 Å². The first-order valence-electron chi connectivity index (χ1n) is 12.7. The topological polar surface area (TPSA) is 73.9 Å². The SMILES string of the molecule is O=C(Nc1ccc(N2CCc3ccccc3C2)c(C(=O)NCCN2CCOCC2)c1)c1ccccc1F. The number of anilines is 2. The molecule has 37 heavy (non-hydrogen) atoms. The van der Waals surface area contributed by atoms with Gasteiger partial charge < -0.3 is 20.3 Å². The van der Waals surface area contributed by atoms with Crippen LogP contribution in [0.3, 0.4) is 0 Å². The van der Waals surface area contributed by atoms with Crippen molar-refractivity contribution in [1.29, 1.82) is 0 Å². The van der Waals surface area contributed by atoms with Gasteiger partial charge in [-0.25, -0.2) is 4.39 Å². The second-order valence-electron chi connectivity index (χ2n) is 9.32. The number of nitrogens with one attached hydrogen (secondary N) is 2. The molecule has 0 radical (unpaired) electrons. The van der Waals surface area contributed by atoms with E-state index < -0.39 is 11.7 Å². The Hall–Kier alpha value is -3.75. The number of benzene rings is 3. The Balaban J connectivity index is 1.36. The van der Waals surface area contributed by atoms with E-state index in [1.165, 1.54) is 29.3 Å². The number of carbonyl (C=O) groups excluding carboxylic acids is 2. The molecular weight excluding hydrogens is 471 g/mol. The van der Waals surface area contributed by atoms with E-state index in [4.69, 9.17) is 4.74 Å². The number of rotatable bonds is 7. The van der Waals surface area contributed by atoms with E-state index in [2.05, 4.69) is 38.6 Å². The third-order valence-electron chi connectivity index (χ3n) is 6.91. The monoisotopic (exact) mass is 502 g/mol. The van der Waals surface area contributed by atoms with Crippen LogP contribution >= 0.6 is 0 Å². The van der Waals surface area contributed by atoms with Gasteiger partial charge in [0, 0.05) is 50.6 Å². The lowest BCUT2D eigenvalue weighted by Gasteiger charge is -2.32. The minimum atomic E-state index is -0.593. The average Bonchev–Trinajstić information content (AvgIpc) is 2.93. The van der Waals surface area contributed by atoms with Crippen molar-refractivity contribution >= 4 is 23.2 Å². The Bertz CT molecular complexity index is 1280. The molecule has 3 aromatic carbocycles. The molecule has 7 nitrogen and oxygen atoms in total.